The highest BCUT2D eigenvalue weighted by atomic mass is 32.2. The molecule has 0 spiro atoms. The van der Waals surface area contributed by atoms with Gasteiger partial charge >= 0.3 is 0 Å². The summed E-state index contributed by atoms with van der Waals surface area (Å²) in [5.74, 6) is 0.0406. The molecule has 2 fully saturated rings. The number of hydrogen-bond donors (Lipinski definition) is 1. The van der Waals surface area contributed by atoms with Gasteiger partial charge in [0.1, 0.15) is 5.75 Å². The number of fused-ring (bicyclic) bond motifs is 1. The first kappa shape index (κ1) is 16.9. The normalized spacial score (nSPS) is 25.5. The molecule has 2 atom stereocenters. The molecule has 26 heavy (non-hydrogen) atoms. The highest BCUT2D eigenvalue weighted by Crippen LogP contribution is 2.58. The molecule has 0 bridgehead atoms. The molecule has 1 N–H and O–H groups in total. The van der Waals surface area contributed by atoms with Crippen LogP contribution in [0.1, 0.15) is 12.0 Å². The number of anilines is 2. The number of sulfonamides is 1. The molecule has 1 amide bonds. The van der Waals surface area contributed by atoms with Gasteiger partial charge in [-0.15, -0.1) is 0 Å². The largest absolute Gasteiger partial charge is 0.497 e. The van der Waals surface area contributed by atoms with Gasteiger partial charge in [0.15, 0.2) is 4.75 Å². The predicted molar refractivity (Wildman–Crippen MR) is 99.9 cm³/mol. The maximum absolute atomic E-state index is 13.1. The Labute approximate surface area is 152 Å². The van der Waals surface area contributed by atoms with Crippen LogP contribution in [0.4, 0.5) is 11.4 Å². The SMILES string of the molecule is COc1ccc(NC(=O)[C@]23C[C@@H]2CN(c2ccc(C)cc2)S3(=O)=O)cc1. The van der Waals surface area contributed by atoms with Gasteiger partial charge in [-0.3, -0.25) is 9.10 Å². The third-order valence-electron chi connectivity index (χ3n) is 5.24. The predicted octanol–water partition coefficient (Wildman–Crippen LogP) is 2.55. The van der Waals surface area contributed by atoms with E-state index in [-0.39, 0.29) is 5.92 Å². The van der Waals surface area contributed by atoms with Crippen molar-refractivity contribution in [1.82, 2.24) is 0 Å². The number of carbonyl (C=O) groups is 1. The fraction of sp³-hybridized carbons (Fsp3) is 0.316. The molecule has 136 valence electrons. The van der Waals surface area contributed by atoms with Crippen molar-refractivity contribution in [1.29, 1.82) is 0 Å². The minimum Gasteiger partial charge on any atom is -0.497 e. The van der Waals surface area contributed by atoms with Gasteiger partial charge in [0.25, 0.3) is 0 Å². The van der Waals surface area contributed by atoms with Crippen molar-refractivity contribution >= 4 is 27.3 Å². The van der Waals surface area contributed by atoms with Crippen LogP contribution in [0.15, 0.2) is 48.5 Å². The molecule has 4 rings (SSSR count). The molecule has 0 aromatic heterocycles. The summed E-state index contributed by atoms with van der Waals surface area (Å²) < 4.78 is 31.3. The standard InChI is InChI=1S/C19H20N2O4S/c1-13-3-7-16(8-4-13)21-12-14-11-19(14,26(21,23)24)18(22)20-15-5-9-17(25-2)10-6-15/h3-10,14H,11-12H2,1-2H3,(H,20,22)/t14-,19+/m1/s1. The average Bonchev–Trinajstić information content (AvgIpc) is 3.32. The Balaban J connectivity index is 1.58. The second kappa shape index (κ2) is 5.74. The zero-order valence-corrected chi connectivity index (χ0v) is 15.4. The molecule has 0 unspecified atom stereocenters. The maximum atomic E-state index is 13.1. The van der Waals surface area contributed by atoms with Gasteiger partial charge in [-0.25, -0.2) is 8.42 Å². The highest BCUT2D eigenvalue weighted by Gasteiger charge is 2.75. The van der Waals surface area contributed by atoms with Crippen LogP contribution in [0.2, 0.25) is 0 Å². The molecule has 2 aromatic carbocycles. The van der Waals surface area contributed by atoms with Crippen LogP contribution in [0.3, 0.4) is 0 Å². The van der Waals surface area contributed by atoms with Crippen molar-refractivity contribution in [2.45, 2.75) is 18.1 Å². The zero-order chi connectivity index (χ0) is 18.5. The molecule has 6 nitrogen and oxygen atoms in total. The second-order valence-corrected chi connectivity index (χ2v) is 8.96. The van der Waals surface area contributed by atoms with Crippen molar-refractivity contribution in [3.8, 4) is 5.75 Å². The Bertz CT molecular complexity index is 954. The summed E-state index contributed by atoms with van der Waals surface area (Å²) in [6, 6.07) is 14.2. The number of benzene rings is 2. The summed E-state index contributed by atoms with van der Waals surface area (Å²) in [4.78, 5) is 12.8. The third-order valence-corrected chi connectivity index (χ3v) is 7.79. The third kappa shape index (κ3) is 2.38. The first-order chi connectivity index (χ1) is 12.4. The van der Waals surface area contributed by atoms with E-state index in [0.717, 1.165) is 5.56 Å². The molecule has 1 aliphatic carbocycles. The number of aryl methyl sites for hydroxylation is 1. The topological polar surface area (TPSA) is 75.7 Å². The molecular weight excluding hydrogens is 352 g/mol. The first-order valence-electron chi connectivity index (χ1n) is 8.43. The van der Waals surface area contributed by atoms with Crippen molar-refractivity contribution in [2.75, 3.05) is 23.3 Å². The van der Waals surface area contributed by atoms with E-state index >= 15 is 0 Å². The molecule has 2 aliphatic rings. The Morgan fingerprint density at radius 1 is 1.15 bits per heavy atom. The molecule has 1 saturated heterocycles. The van der Waals surface area contributed by atoms with Crippen LogP contribution in [0.5, 0.6) is 5.75 Å². The maximum Gasteiger partial charge on any atom is 0.250 e. The summed E-state index contributed by atoms with van der Waals surface area (Å²) in [6.07, 6.45) is 0.375. The fourth-order valence-electron chi connectivity index (χ4n) is 3.59. The van der Waals surface area contributed by atoms with Crippen molar-refractivity contribution in [2.24, 2.45) is 5.92 Å². The molecular formula is C19H20N2O4S. The second-order valence-electron chi connectivity index (χ2n) is 6.84. The van der Waals surface area contributed by atoms with E-state index in [1.807, 2.05) is 19.1 Å². The highest BCUT2D eigenvalue weighted by molar-refractivity contribution is 7.95. The van der Waals surface area contributed by atoms with Crippen molar-refractivity contribution in [3.63, 3.8) is 0 Å². The van der Waals surface area contributed by atoms with Gasteiger partial charge in [-0.05, 0) is 49.7 Å². The lowest BCUT2D eigenvalue weighted by Gasteiger charge is -2.23. The van der Waals surface area contributed by atoms with Gasteiger partial charge < -0.3 is 10.1 Å². The summed E-state index contributed by atoms with van der Waals surface area (Å²) in [6.45, 7) is 2.30. The summed E-state index contributed by atoms with van der Waals surface area (Å²) >= 11 is 0. The van der Waals surface area contributed by atoms with E-state index in [1.54, 1.807) is 43.5 Å². The Morgan fingerprint density at radius 3 is 2.42 bits per heavy atom. The zero-order valence-electron chi connectivity index (χ0n) is 14.6. The summed E-state index contributed by atoms with van der Waals surface area (Å²) in [7, 11) is -2.19. The lowest BCUT2D eigenvalue weighted by molar-refractivity contribution is -0.116. The summed E-state index contributed by atoms with van der Waals surface area (Å²) in [5, 5.41) is 2.75. The number of ether oxygens (including phenoxy) is 1. The van der Waals surface area contributed by atoms with Gasteiger partial charge in [0.2, 0.25) is 15.9 Å². The van der Waals surface area contributed by atoms with Gasteiger partial charge in [0.05, 0.1) is 12.8 Å². The van der Waals surface area contributed by atoms with Crippen LogP contribution < -0.4 is 14.4 Å². The van der Waals surface area contributed by atoms with E-state index in [0.29, 0.717) is 30.1 Å². The number of hydrogen-bond acceptors (Lipinski definition) is 4. The Kier molecular flexibility index (Phi) is 3.73. The van der Waals surface area contributed by atoms with Gasteiger partial charge in [-0.1, -0.05) is 17.7 Å². The van der Waals surface area contributed by atoms with E-state index in [4.69, 9.17) is 4.74 Å². The minimum atomic E-state index is -3.75. The lowest BCUT2D eigenvalue weighted by atomic mass is 10.2. The first-order valence-corrected chi connectivity index (χ1v) is 9.87. The minimum absolute atomic E-state index is 0.174. The number of amides is 1. The molecule has 2 aromatic rings. The average molecular weight is 372 g/mol. The van der Waals surface area contributed by atoms with E-state index in [2.05, 4.69) is 5.32 Å². The van der Waals surface area contributed by atoms with Crippen LogP contribution in [0, 0.1) is 12.8 Å². The van der Waals surface area contributed by atoms with Crippen LogP contribution >= 0.6 is 0 Å². The molecule has 1 saturated carbocycles. The number of nitrogens with zero attached hydrogens (tertiary/aromatic N) is 1. The van der Waals surface area contributed by atoms with Gasteiger partial charge in [0, 0.05) is 18.2 Å². The van der Waals surface area contributed by atoms with Crippen LogP contribution in [0.25, 0.3) is 0 Å². The number of nitrogens with one attached hydrogen (secondary N) is 1. The Hall–Kier alpha value is -2.54. The van der Waals surface area contributed by atoms with Crippen LogP contribution in [-0.2, 0) is 14.8 Å². The van der Waals surface area contributed by atoms with Crippen molar-refractivity contribution in [3.05, 3.63) is 54.1 Å². The Morgan fingerprint density at radius 2 is 1.81 bits per heavy atom. The van der Waals surface area contributed by atoms with E-state index in [9.17, 15) is 13.2 Å². The summed E-state index contributed by atoms with van der Waals surface area (Å²) in [5.41, 5.74) is 2.22. The van der Waals surface area contributed by atoms with Crippen molar-refractivity contribution < 1.29 is 17.9 Å². The quantitative estimate of drug-likeness (QED) is 0.895. The lowest BCUT2D eigenvalue weighted by Crippen LogP contribution is -2.42. The molecule has 0 radical (unpaired) electrons. The van der Waals surface area contributed by atoms with Gasteiger partial charge in [-0.2, -0.15) is 0 Å². The number of carbonyl (C=O) groups excluding carboxylic acids is 1. The van der Waals surface area contributed by atoms with E-state index in [1.165, 1.54) is 4.31 Å². The molecule has 1 heterocycles. The number of methoxy groups -OCH3 is 1. The number of rotatable bonds is 4. The molecule has 7 heteroatoms. The fourth-order valence-corrected chi connectivity index (χ4v) is 5.95. The monoisotopic (exact) mass is 372 g/mol. The van der Waals surface area contributed by atoms with Crippen LogP contribution in [-0.4, -0.2) is 32.7 Å². The molecule has 1 aliphatic heterocycles. The van der Waals surface area contributed by atoms with E-state index < -0.39 is 20.7 Å². The smallest absolute Gasteiger partial charge is 0.250 e.